The lowest BCUT2D eigenvalue weighted by molar-refractivity contribution is -0.130. The summed E-state index contributed by atoms with van der Waals surface area (Å²) in [5.74, 6) is -0.607. The van der Waals surface area contributed by atoms with Crippen molar-refractivity contribution in [2.75, 3.05) is 5.32 Å². The molecular weight excluding hydrogens is 299 g/mol. The molecule has 0 radical (unpaired) electrons. The van der Waals surface area contributed by atoms with Crippen LogP contribution in [0.4, 0.5) is 10.1 Å². The van der Waals surface area contributed by atoms with E-state index in [0.29, 0.717) is 17.0 Å². The minimum absolute atomic E-state index is 0.0659. The molecule has 1 aliphatic heterocycles. The Morgan fingerprint density at radius 1 is 1.17 bits per heavy atom. The molecule has 1 aliphatic rings. The number of benzene rings is 2. The Hall–Kier alpha value is -2.89. The van der Waals surface area contributed by atoms with E-state index in [-0.39, 0.29) is 30.6 Å². The molecule has 0 fully saturated rings. The van der Waals surface area contributed by atoms with Gasteiger partial charge in [-0.25, -0.2) is 4.39 Å². The zero-order valence-electron chi connectivity index (χ0n) is 12.2. The molecule has 2 aromatic carbocycles. The molecule has 1 heterocycles. The van der Waals surface area contributed by atoms with Crippen LogP contribution in [0.2, 0.25) is 0 Å². The van der Waals surface area contributed by atoms with E-state index in [2.05, 4.69) is 10.6 Å². The lowest BCUT2D eigenvalue weighted by Crippen LogP contribution is -2.40. The lowest BCUT2D eigenvalue weighted by atomic mass is 10.1. The third-order valence-corrected chi connectivity index (χ3v) is 3.51. The van der Waals surface area contributed by atoms with Gasteiger partial charge in [-0.05, 0) is 18.2 Å². The standard InChI is InChI=1S/C17H15FN2O3/c18-12-6-2-1-5-11(12)10-19-16(21)9-15-17(22)20-13-7-3-4-8-14(13)23-15/h1-8,15H,9-10H2,(H,19,21)(H,20,22). The summed E-state index contributed by atoms with van der Waals surface area (Å²) in [7, 11) is 0. The number of carbonyl (C=O) groups is 2. The molecule has 1 unspecified atom stereocenters. The van der Waals surface area contributed by atoms with Crippen LogP contribution in [0, 0.1) is 5.82 Å². The number of hydrogen-bond acceptors (Lipinski definition) is 3. The highest BCUT2D eigenvalue weighted by atomic mass is 19.1. The van der Waals surface area contributed by atoms with Crippen LogP contribution in [0.5, 0.6) is 5.75 Å². The normalized spacial score (nSPS) is 16.0. The third-order valence-electron chi connectivity index (χ3n) is 3.51. The van der Waals surface area contributed by atoms with E-state index in [0.717, 1.165) is 0 Å². The molecule has 5 nitrogen and oxygen atoms in total. The van der Waals surface area contributed by atoms with Gasteiger partial charge < -0.3 is 15.4 Å². The van der Waals surface area contributed by atoms with Gasteiger partial charge in [0.15, 0.2) is 6.10 Å². The molecule has 2 amide bonds. The lowest BCUT2D eigenvalue weighted by Gasteiger charge is -2.25. The van der Waals surface area contributed by atoms with Crippen molar-refractivity contribution in [1.29, 1.82) is 0 Å². The Kier molecular flexibility index (Phi) is 4.23. The minimum Gasteiger partial charge on any atom is -0.478 e. The molecular formula is C17H15FN2O3. The summed E-state index contributed by atoms with van der Waals surface area (Å²) in [4.78, 5) is 23.9. The van der Waals surface area contributed by atoms with Gasteiger partial charge in [-0.15, -0.1) is 0 Å². The van der Waals surface area contributed by atoms with Gasteiger partial charge in [0.2, 0.25) is 5.91 Å². The number of ether oxygens (including phenoxy) is 1. The summed E-state index contributed by atoms with van der Waals surface area (Å²) < 4.78 is 19.0. The van der Waals surface area contributed by atoms with Gasteiger partial charge >= 0.3 is 0 Å². The van der Waals surface area contributed by atoms with Crippen LogP contribution in [0.25, 0.3) is 0 Å². The van der Waals surface area contributed by atoms with Gasteiger partial charge in [-0.1, -0.05) is 30.3 Å². The number of anilines is 1. The van der Waals surface area contributed by atoms with Crippen molar-refractivity contribution in [3.8, 4) is 5.75 Å². The first kappa shape index (κ1) is 15.0. The van der Waals surface area contributed by atoms with Crippen molar-refractivity contribution in [3.63, 3.8) is 0 Å². The van der Waals surface area contributed by atoms with Crippen LogP contribution in [-0.2, 0) is 16.1 Å². The molecule has 23 heavy (non-hydrogen) atoms. The van der Waals surface area contributed by atoms with E-state index >= 15 is 0 Å². The SMILES string of the molecule is O=C(CC1Oc2ccccc2NC1=O)NCc1ccccc1F. The van der Waals surface area contributed by atoms with Crippen molar-refractivity contribution in [3.05, 3.63) is 59.9 Å². The van der Waals surface area contributed by atoms with E-state index < -0.39 is 6.10 Å². The van der Waals surface area contributed by atoms with Crippen LogP contribution in [-0.4, -0.2) is 17.9 Å². The summed E-state index contributed by atoms with van der Waals surface area (Å²) in [6.07, 6.45) is -1.03. The van der Waals surface area contributed by atoms with E-state index in [1.807, 2.05) is 0 Å². The summed E-state index contributed by atoms with van der Waals surface area (Å²) >= 11 is 0. The van der Waals surface area contributed by atoms with Crippen LogP contribution in [0.15, 0.2) is 48.5 Å². The minimum atomic E-state index is -0.898. The first-order valence-corrected chi connectivity index (χ1v) is 7.20. The number of halogens is 1. The number of amides is 2. The second-order valence-electron chi connectivity index (χ2n) is 5.16. The highest BCUT2D eigenvalue weighted by molar-refractivity contribution is 5.99. The first-order valence-electron chi connectivity index (χ1n) is 7.20. The topological polar surface area (TPSA) is 67.4 Å². The smallest absolute Gasteiger partial charge is 0.266 e. The highest BCUT2D eigenvalue weighted by Crippen LogP contribution is 2.29. The Morgan fingerprint density at radius 2 is 1.91 bits per heavy atom. The molecule has 3 rings (SSSR count). The zero-order chi connectivity index (χ0) is 16.2. The number of fused-ring (bicyclic) bond motifs is 1. The number of nitrogens with one attached hydrogen (secondary N) is 2. The maximum atomic E-state index is 13.5. The average Bonchev–Trinajstić information content (AvgIpc) is 2.55. The molecule has 6 heteroatoms. The fourth-order valence-corrected chi connectivity index (χ4v) is 2.30. The summed E-state index contributed by atoms with van der Waals surface area (Å²) in [5, 5.41) is 5.29. The van der Waals surface area contributed by atoms with Crippen molar-refractivity contribution in [2.24, 2.45) is 0 Å². The van der Waals surface area contributed by atoms with Gasteiger partial charge in [0.25, 0.3) is 5.91 Å². The maximum absolute atomic E-state index is 13.5. The van der Waals surface area contributed by atoms with E-state index in [1.54, 1.807) is 42.5 Å². The van der Waals surface area contributed by atoms with Gasteiger partial charge in [0.1, 0.15) is 11.6 Å². The Bertz CT molecular complexity index is 748. The third kappa shape index (κ3) is 3.48. The zero-order valence-corrected chi connectivity index (χ0v) is 12.2. The summed E-state index contributed by atoms with van der Waals surface area (Å²) in [6, 6.07) is 13.2. The largest absolute Gasteiger partial charge is 0.478 e. The number of para-hydroxylation sites is 2. The van der Waals surface area contributed by atoms with E-state index in [1.165, 1.54) is 6.07 Å². The fourth-order valence-electron chi connectivity index (χ4n) is 2.30. The number of carbonyl (C=O) groups excluding carboxylic acids is 2. The quantitative estimate of drug-likeness (QED) is 0.909. The Balaban J connectivity index is 1.58. The van der Waals surface area contributed by atoms with Crippen molar-refractivity contribution in [2.45, 2.75) is 19.1 Å². The molecule has 1 atom stereocenters. The monoisotopic (exact) mass is 314 g/mol. The number of hydrogen-bond donors (Lipinski definition) is 2. The predicted octanol–water partition coefficient (Wildman–Crippen LogP) is 2.23. The summed E-state index contributed by atoms with van der Waals surface area (Å²) in [5.41, 5.74) is 0.973. The Morgan fingerprint density at radius 3 is 2.74 bits per heavy atom. The molecule has 0 aliphatic carbocycles. The number of rotatable bonds is 4. The molecule has 0 saturated carbocycles. The highest BCUT2D eigenvalue weighted by Gasteiger charge is 2.29. The maximum Gasteiger partial charge on any atom is 0.266 e. The fraction of sp³-hybridized carbons (Fsp3) is 0.176. The Labute approximate surface area is 132 Å². The van der Waals surface area contributed by atoms with Gasteiger partial charge in [0, 0.05) is 12.1 Å². The first-order chi connectivity index (χ1) is 11.1. The van der Waals surface area contributed by atoms with Crippen molar-refractivity contribution in [1.82, 2.24) is 5.32 Å². The van der Waals surface area contributed by atoms with Crippen LogP contribution in [0.1, 0.15) is 12.0 Å². The van der Waals surface area contributed by atoms with E-state index in [9.17, 15) is 14.0 Å². The van der Waals surface area contributed by atoms with Crippen molar-refractivity contribution < 1.29 is 18.7 Å². The average molecular weight is 314 g/mol. The molecule has 0 spiro atoms. The van der Waals surface area contributed by atoms with E-state index in [4.69, 9.17) is 4.74 Å². The van der Waals surface area contributed by atoms with Crippen LogP contribution >= 0.6 is 0 Å². The predicted molar refractivity (Wildman–Crippen MR) is 82.4 cm³/mol. The van der Waals surface area contributed by atoms with Gasteiger partial charge in [0.05, 0.1) is 12.1 Å². The molecule has 2 N–H and O–H groups in total. The van der Waals surface area contributed by atoms with Gasteiger partial charge in [-0.2, -0.15) is 0 Å². The van der Waals surface area contributed by atoms with Gasteiger partial charge in [-0.3, -0.25) is 9.59 Å². The molecule has 0 aromatic heterocycles. The summed E-state index contributed by atoms with van der Waals surface area (Å²) in [6.45, 7) is 0.0659. The second-order valence-corrected chi connectivity index (χ2v) is 5.16. The van der Waals surface area contributed by atoms with Crippen molar-refractivity contribution >= 4 is 17.5 Å². The van der Waals surface area contributed by atoms with Crippen LogP contribution in [0.3, 0.4) is 0 Å². The second kappa shape index (κ2) is 6.48. The molecule has 118 valence electrons. The molecule has 2 aromatic rings. The molecule has 0 bridgehead atoms. The molecule has 0 saturated heterocycles. The van der Waals surface area contributed by atoms with Crippen LogP contribution < -0.4 is 15.4 Å².